The first kappa shape index (κ1) is 11.1. The maximum atomic E-state index is 5.57. The van der Waals surface area contributed by atoms with Gasteiger partial charge in [-0.3, -0.25) is 4.98 Å². The van der Waals surface area contributed by atoms with Crippen molar-refractivity contribution < 1.29 is 4.84 Å². The van der Waals surface area contributed by atoms with Crippen LogP contribution in [0.3, 0.4) is 0 Å². The molecule has 2 N–H and O–H groups in total. The molecule has 2 rings (SSSR count). The number of nitrogens with zero attached hydrogens (tertiary/aromatic N) is 2. The third kappa shape index (κ3) is 3.04. The first-order chi connectivity index (χ1) is 8.25. The van der Waals surface area contributed by atoms with Crippen molar-refractivity contribution in [2.75, 3.05) is 5.73 Å². The van der Waals surface area contributed by atoms with Gasteiger partial charge in [0.2, 0.25) is 0 Å². The lowest BCUT2D eigenvalue weighted by Crippen LogP contribution is -1.98. The molecule has 86 valence electrons. The number of oxime groups is 1. The second kappa shape index (κ2) is 5.12. The van der Waals surface area contributed by atoms with E-state index < -0.39 is 0 Å². The van der Waals surface area contributed by atoms with E-state index in [1.54, 1.807) is 36.7 Å². The highest BCUT2D eigenvalue weighted by atomic mass is 16.6. The Morgan fingerprint density at radius 3 is 2.65 bits per heavy atom. The van der Waals surface area contributed by atoms with Crippen molar-refractivity contribution in [1.29, 1.82) is 0 Å². The summed E-state index contributed by atoms with van der Waals surface area (Å²) in [4.78, 5) is 9.30. The van der Waals surface area contributed by atoms with Crippen LogP contribution in [-0.4, -0.2) is 10.7 Å². The molecule has 0 unspecified atom stereocenters. The zero-order chi connectivity index (χ0) is 12.1. The third-order valence-corrected chi connectivity index (χ3v) is 2.25. The number of nitrogen functional groups attached to an aromatic ring is 1. The number of pyridine rings is 1. The highest BCUT2D eigenvalue weighted by Crippen LogP contribution is 2.13. The molecule has 1 heterocycles. The maximum absolute atomic E-state index is 5.57. The van der Waals surface area contributed by atoms with Crippen molar-refractivity contribution >= 4 is 11.4 Å². The molecular formula is C13H13N3O. The largest absolute Gasteiger partial charge is 0.399 e. The van der Waals surface area contributed by atoms with E-state index in [0.29, 0.717) is 11.4 Å². The Kier molecular flexibility index (Phi) is 3.35. The summed E-state index contributed by atoms with van der Waals surface area (Å²) in [6.07, 6.45) is 3.46. The molecule has 0 spiro atoms. The van der Waals surface area contributed by atoms with E-state index in [4.69, 9.17) is 10.6 Å². The van der Waals surface area contributed by atoms with E-state index in [9.17, 15) is 0 Å². The first-order valence-electron chi connectivity index (χ1n) is 5.23. The molecule has 0 fully saturated rings. The van der Waals surface area contributed by atoms with Gasteiger partial charge in [-0.15, -0.1) is 0 Å². The Morgan fingerprint density at radius 2 is 2.00 bits per heavy atom. The Bertz CT molecular complexity index is 506. The molecule has 0 amide bonds. The lowest BCUT2D eigenvalue weighted by molar-refractivity contribution is 0.341. The minimum atomic E-state index is 0.655. The van der Waals surface area contributed by atoms with Crippen LogP contribution < -0.4 is 10.6 Å². The van der Waals surface area contributed by atoms with Gasteiger partial charge in [0.15, 0.2) is 5.75 Å². The van der Waals surface area contributed by atoms with E-state index in [1.165, 1.54) is 0 Å². The first-order valence-corrected chi connectivity index (χ1v) is 5.23. The number of hydrogen-bond donors (Lipinski definition) is 1. The van der Waals surface area contributed by atoms with Gasteiger partial charge in [-0.05, 0) is 43.3 Å². The minimum Gasteiger partial charge on any atom is -0.399 e. The van der Waals surface area contributed by atoms with Crippen LogP contribution in [0.5, 0.6) is 5.75 Å². The molecule has 0 atom stereocenters. The lowest BCUT2D eigenvalue weighted by atomic mass is 10.2. The Labute approximate surface area is 99.7 Å². The molecule has 1 aromatic heterocycles. The summed E-state index contributed by atoms with van der Waals surface area (Å²) in [5.74, 6) is 0.655. The average Bonchev–Trinajstić information content (AvgIpc) is 2.39. The van der Waals surface area contributed by atoms with Gasteiger partial charge in [0.1, 0.15) is 0 Å². The van der Waals surface area contributed by atoms with E-state index in [2.05, 4.69) is 10.1 Å². The molecule has 0 radical (unpaired) electrons. The van der Waals surface area contributed by atoms with E-state index in [-0.39, 0.29) is 0 Å². The van der Waals surface area contributed by atoms with Gasteiger partial charge < -0.3 is 10.6 Å². The summed E-state index contributed by atoms with van der Waals surface area (Å²) in [7, 11) is 0. The number of hydrogen-bond acceptors (Lipinski definition) is 4. The molecule has 17 heavy (non-hydrogen) atoms. The molecule has 0 aliphatic heterocycles. The zero-order valence-corrected chi connectivity index (χ0v) is 9.50. The van der Waals surface area contributed by atoms with Crippen molar-refractivity contribution in [2.45, 2.75) is 6.92 Å². The molecule has 4 heteroatoms. The van der Waals surface area contributed by atoms with Crippen molar-refractivity contribution in [1.82, 2.24) is 4.98 Å². The van der Waals surface area contributed by atoms with Gasteiger partial charge in [-0.25, -0.2) is 0 Å². The monoisotopic (exact) mass is 227 g/mol. The smallest absolute Gasteiger partial charge is 0.158 e. The zero-order valence-electron chi connectivity index (χ0n) is 9.50. The van der Waals surface area contributed by atoms with Gasteiger partial charge in [0, 0.05) is 23.6 Å². The van der Waals surface area contributed by atoms with Gasteiger partial charge in [-0.1, -0.05) is 5.16 Å². The quantitative estimate of drug-likeness (QED) is 0.497. The standard InChI is InChI=1S/C13H13N3O/c1-10(11-3-2-8-15-9-11)16-17-13-6-4-12(14)5-7-13/h2-9H,14H2,1H3/b16-10+. The minimum absolute atomic E-state index is 0.655. The van der Waals surface area contributed by atoms with Crippen LogP contribution in [0.2, 0.25) is 0 Å². The van der Waals surface area contributed by atoms with Crippen molar-refractivity contribution in [3.05, 3.63) is 54.4 Å². The summed E-state index contributed by atoms with van der Waals surface area (Å²) in [5, 5.41) is 4.03. The third-order valence-electron chi connectivity index (χ3n) is 2.25. The molecule has 2 aromatic rings. The van der Waals surface area contributed by atoms with Crippen LogP contribution in [-0.2, 0) is 0 Å². The summed E-state index contributed by atoms with van der Waals surface area (Å²) in [6.45, 7) is 1.87. The van der Waals surface area contributed by atoms with Gasteiger partial charge in [0.25, 0.3) is 0 Å². The second-order valence-electron chi connectivity index (χ2n) is 3.58. The van der Waals surface area contributed by atoms with E-state index >= 15 is 0 Å². The van der Waals surface area contributed by atoms with E-state index in [1.807, 2.05) is 19.1 Å². The van der Waals surface area contributed by atoms with Crippen LogP contribution in [0.4, 0.5) is 5.69 Å². The van der Waals surface area contributed by atoms with Crippen molar-refractivity contribution in [3.63, 3.8) is 0 Å². The molecule has 0 saturated carbocycles. The van der Waals surface area contributed by atoms with Crippen LogP contribution in [0.15, 0.2) is 53.9 Å². The van der Waals surface area contributed by atoms with Crippen LogP contribution in [0.25, 0.3) is 0 Å². The molecule has 0 bridgehead atoms. The van der Waals surface area contributed by atoms with Gasteiger partial charge in [-0.2, -0.15) is 0 Å². The molecule has 0 aliphatic carbocycles. The SMILES string of the molecule is C/C(=N\Oc1ccc(N)cc1)c1cccnc1. The summed E-state index contributed by atoms with van der Waals surface area (Å²) in [6, 6.07) is 10.9. The summed E-state index contributed by atoms with van der Waals surface area (Å²) in [5.41, 5.74) is 7.98. The fourth-order valence-corrected chi connectivity index (χ4v) is 1.28. The second-order valence-corrected chi connectivity index (χ2v) is 3.58. The summed E-state index contributed by atoms with van der Waals surface area (Å²) >= 11 is 0. The highest BCUT2D eigenvalue weighted by Gasteiger charge is 1.97. The topological polar surface area (TPSA) is 60.5 Å². The normalized spacial score (nSPS) is 11.2. The Hall–Kier alpha value is -2.36. The molecule has 0 saturated heterocycles. The predicted octanol–water partition coefficient (Wildman–Crippen LogP) is 2.47. The molecular weight excluding hydrogens is 214 g/mol. The number of anilines is 1. The number of aromatic nitrogens is 1. The Balaban J connectivity index is 2.08. The van der Waals surface area contributed by atoms with E-state index in [0.717, 1.165) is 11.3 Å². The van der Waals surface area contributed by atoms with Gasteiger partial charge in [0.05, 0.1) is 5.71 Å². The van der Waals surface area contributed by atoms with Crippen LogP contribution in [0.1, 0.15) is 12.5 Å². The van der Waals surface area contributed by atoms with Crippen molar-refractivity contribution in [3.8, 4) is 5.75 Å². The average molecular weight is 227 g/mol. The molecule has 0 aliphatic rings. The summed E-state index contributed by atoms with van der Waals surface area (Å²) < 4.78 is 0. The predicted molar refractivity (Wildman–Crippen MR) is 67.9 cm³/mol. The van der Waals surface area contributed by atoms with Crippen LogP contribution >= 0.6 is 0 Å². The van der Waals surface area contributed by atoms with Crippen molar-refractivity contribution in [2.24, 2.45) is 5.16 Å². The number of benzene rings is 1. The fourth-order valence-electron chi connectivity index (χ4n) is 1.28. The lowest BCUT2D eigenvalue weighted by Gasteiger charge is -2.01. The molecule has 4 nitrogen and oxygen atoms in total. The number of rotatable bonds is 3. The number of nitrogens with two attached hydrogens (primary N) is 1. The molecule has 1 aromatic carbocycles. The highest BCUT2D eigenvalue weighted by molar-refractivity contribution is 5.98. The van der Waals surface area contributed by atoms with Crippen LogP contribution in [0, 0.1) is 0 Å². The van der Waals surface area contributed by atoms with Gasteiger partial charge >= 0.3 is 0 Å². The fraction of sp³-hybridized carbons (Fsp3) is 0.0769. The maximum Gasteiger partial charge on any atom is 0.158 e. The Morgan fingerprint density at radius 1 is 1.24 bits per heavy atom.